The van der Waals surface area contributed by atoms with E-state index in [-0.39, 0.29) is 12.1 Å². The Hall–Kier alpha value is -2.56. The van der Waals surface area contributed by atoms with Crippen LogP contribution < -0.4 is 4.90 Å². The lowest BCUT2D eigenvalue weighted by Gasteiger charge is -2.27. The van der Waals surface area contributed by atoms with Crippen LogP contribution in [0, 0.1) is 0 Å². The number of nitrogens with zero attached hydrogens (tertiary/aromatic N) is 3. The molecule has 1 aliphatic rings. The molecule has 3 rings (SSSR count). The van der Waals surface area contributed by atoms with Crippen molar-refractivity contribution < 1.29 is 9.53 Å². The van der Waals surface area contributed by atoms with Gasteiger partial charge in [0.05, 0.1) is 0 Å². The quantitative estimate of drug-likeness (QED) is 0.852. The Balaban J connectivity index is 1.52. The molecular formula is C20H25N3O2. The van der Waals surface area contributed by atoms with E-state index in [4.69, 9.17) is 4.74 Å². The van der Waals surface area contributed by atoms with Gasteiger partial charge in [0, 0.05) is 44.3 Å². The lowest BCUT2D eigenvalue weighted by atomic mass is 10.1. The van der Waals surface area contributed by atoms with Gasteiger partial charge in [-0.25, -0.2) is 4.79 Å². The SMILES string of the molecule is CN(C(=O)OCc1ccccc1)C1CCCN(c2ccncc2)CC1. The van der Waals surface area contributed by atoms with Gasteiger partial charge < -0.3 is 14.5 Å². The van der Waals surface area contributed by atoms with Crippen LogP contribution in [-0.2, 0) is 11.3 Å². The molecule has 25 heavy (non-hydrogen) atoms. The molecule has 2 aromatic rings. The van der Waals surface area contributed by atoms with Crippen molar-refractivity contribution in [2.24, 2.45) is 0 Å². The molecule has 1 aliphatic heterocycles. The average molecular weight is 339 g/mol. The second-order valence-electron chi connectivity index (χ2n) is 6.43. The van der Waals surface area contributed by atoms with Crippen LogP contribution in [-0.4, -0.2) is 42.2 Å². The highest BCUT2D eigenvalue weighted by Crippen LogP contribution is 2.21. The zero-order valence-corrected chi connectivity index (χ0v) is 14.7. The van der Waals surface area contributed by atoms with Crippen LogP contribution in [0.3, 0.4) is 0 Å². The summed E-state index contributed by atoms with van der Waals surface area (Å²) in [5.41, 5.74) is 2.21. The van der Waals surface area contributed by atoms with Gasteiger partial charge in [-0.2, -0.15) is 0 Å². The Kier molecular flexibility index (Phi) is 5.88. The van der Waals surface area contributed by atoms with E-state index >= 15 is 0 Å². The van der Waals surface area contributed by atoms with Gasteiger partial charge in [0.1, 0.15) is 6.61 Å². The highest BCUT2D eigenvalue weighted by molar-refractivity contribution is 5.67. The summed E-state index contributed by atoms with van der Waals surface area (Å²) >= 11 is 0. The van der Waals surface area contributed by atoms with Gasteiger partial charge in [0.15, 0.2) is 0 Å². The number of aromatic nitrogens is 1. The van der Waals surface area contributed by atoms with E-state index in [1.807, 2.05) is 61.9 Å². The van der Waals surface area contributed by atoms with E-state index in [0.717, 1.165) is 37.9 Å². The summed E-state index contributed by atoms with van der Waals surface area (Å²) in [6, 6.07) is 14.1. The Bertz CT molecular complexity index is 663. The predicted octanol–water partition coefficient (Wildman–Crippen LogP) is 3.71. The summed E-state index contributed by atoms with van der Waals surface area (Å²) in [6.45, 7) is 2.26. The molecule has 5 heteroatoms. The van der Waals surface area contributed by atoms with E-state index in [9.17, 15) is 4.79 Å². The third-order valence-electron chi connectivity index (χ3n) is 4.77. The lowest BCUT2D eigenvalue weighted by molar-refractivity contribution is 0.0887. The average Bonchev–Trinajstić information content (AvgIpc) is 2.93. The van der Waals surface area contributed by atoms with Crippen molar-refractivity contribution >= 4 is 11.8 Å². The third kappa shape index (κ3) is 4.72. The van der Waals surface area contributed by atoms with Gasteiger partial charge in [-0.1, -0.05) is 30.3 Å². The largest absolute Gasteiger partial charge is 0.445 e. The first kappa shape index (κ1) is 17.3. The first-order chi connectivity index (χ1) is 12.2. The molecule has 1 saturated heterocycles. The van der Waals surface area contributed by atoms with Crippen LogP contribution in [0.5, 0.6) is 0 Å². The maximum absolute atomic E-state index is 12.4. The van der Waals surface area contributed by atoms with Crippen LogP contribution >= 0.6 is 0 Å². The number of hydrogen-bond donors (Lipinski definition) is 0. The van der Waals surface area contributed by atoms with E-state index in [1.165, 1.54) is 5.69 Å². The molecular weight excluding hydrogens is 314 g/mol. The highest BCUT2D eigenvalue weighted by atomic mass is 16.6. The minimum absolute atomic E-state index is 0.218. The molecule has 0 radical (unpaired) electrons. The molecule has 1 amide bonds. The molecule has 0 saturated carbocycles. The molecule has 5 nitrogen and oxygen atoms in total. The molecule has 1 fully saturated rings. The minimum Gasteiger partial charge on any atom is -0.445 e. The van der Waals surface area contributed by atoms with E-state index in [2.05, 4.69) is 9.88 Å². The number of amides is 1. The fourth-order valence-corrected chi connectivity index (χ4v) is 3.25. The number of anilines is 1. The van der Waals surface area contributed by atoms with Crippen molar-refractivity contribution in [3.8, 4) is 0 Å². The summed E-state index contributed by atoms with van der Waals surface area (Å²) in [5, 5.41) is 0. The van der Waals surface area contributed by atoms with Crippen molar-refractivity contribution in [2.75, 3.05) is 25.0 Å². The maximum atomic E-state index is 12.4. The van der Waals surface area contributed by atoms with Crippen molar-refractivity contribution in [3.05, 3.63) is 60.4 Å². The molecule has 0 N–H and O–H groups in total. The summed E-state index contributed by atoms with van der Waals surface area (Å²) in [7, 11) is 1.85. The molecule has 0 aliphatic carbocycles. The predicted molar refractivity (Wildman–Crippen MR) is 98.5 cm³/mol. The molecule has 0 bridgehead atoms. The van der Waals surface area contributed by atoms with E-state index < -0.39 is 0 Å². The Morgan fingerprint density at radius 2 is 1.92 bits per heavy atom. The summed E-state index contributed by atoms with van der Waals surface area (Å²) in [6.07, 6.45) is 6.41. The van der Waals surface area contributed by atoms with Crippen molar-refractivity contribution in [1.29, 1.82) is 0 Å². The second-order valence-corrected chi connectivity index (χ2v) is 6.43. The van der Waals surface area contributed by atoms with Crippen LogP contribution in [0.15, 0.2) is 54.9 Å². The van der Waals surface area contributed by atoms with Crippen molar-refractivity contribution in [2.45, 2.75) is 31.9 Å². The minimum atomic E-state index is -0.244. The van der Waals surface area contributed by atoms with Gasteiger partial charge in [-0.3, -0.25) is 4.98 Å². The number of pyridine rings is 1. The molecule has 0 spiro atoms. The van der Waals surface area contributed by atoms with Crippen molar-refractivity contribution in [1.82, 2.24) is 9.88 Å². The molecule has 1 aromatic heterocycles. The zero-order valence-electron chi connectivity index (χ0n) is 14.7. The highest BCUT2D eigenvalue weighted by Gasteiger charge is 2.24. The first-order valence-electron chi connectivity index (χ1n) is 8.82. The second kappa shape index (κ2) is 8.51. The molecule has 2 heterocycles. The summed E-state index contributed by atoms with van der Waals surface area (Å²) < 4.78 is 5.46. The van der Waals surface area contributed by atoms with Gasteiger partial charge in [-0.05, 0) is 37.0 Å². The Labute approximate surface area is 149 Å². The smallest absolute Gasteiger partial charge is 0.410 e. The van der Waals surface area contributed by atoms with Crippen LogP contribution in [0.4, 0.5) is 10.5 Å². The monoisotopic (exact) mass is 339 g/mol. The number of benzene rings is 1. The number of carbonyl (C=O) groups is 1. The van der Waals surface area contributed by atoms with Gasteiger partial charge in [0.2, 0.25) is 0 Å². The molecule has 132 valence electrons. The fourth-order valence-electron chi connectivity index (χ4n) is 3.25. The zero-order chi connectivity index (χ0) is 17.5. The molecule has 1 atom stereocenters. The molecule has 1 aromatic carbocycles. The number of carbonyl (C=O) groups excluding carboxylic acids is 1. The number of ether oxygens (including phenoxy) is 1. The van der Waals surface area contributed by atoms with Gasteiger partial charge in [-0.15, -0.1) is 0 Å². The first-order valence-corrected chi connectivity index (χ1v) is 8.82. The number of rotatable bonds is 4. The molecule has 1 unspecified atom stereocenters. The van der Waals surface area contributed by atoms with E-state index in [0.29, 0.717) is 6.61 Å². The lowest BCUT2D eigenvalue weighted by Crippen LogP contribution is -2.38. The van der Waals surface area contributed by atoms with Crippen LogP contribution in [0.1, 0.15) is 24.8 Å². The van der Waals surface area contributed by atoms with Gasteiger partial charge in [0.25, 0.3) is 0 Å². The third-order valence-corrected chi connectivity index (χ3v) is 4.77. The van der Waals surface area contributed by atoms with Crippen molar-refractivity contribution in [3.63, 3.8) is 0 Å². The van der Waals surface area contributed by atoms with Crippen LogP contribution in [0.25, 0.3) is 0 Å². The summed E-state index contributed by atoms with van der Waals surface area (Å²) in [5.74, 6) is 0. The normalized spacial score (nSPS) is 17.6. The topological polar surface area (TPSA) is 45.7 Å². The Morgan fingerprint density at radius 1 is 1.16 bits per heavy atom. The number of hydrogen-bond acceptors (Lipinski definition) is 4. The maximum Gasteiger partial charge on any atom is 0.410 e. The van der Waals surface area contributed by atoms with Gasteiger partial charge >= 0.3 is 6.09 Å². The fraction of sp³-hybridized carbons (Fsp3) is 0.400. The standard InChI is InChI=1S/C20H25N3O2/c1-22(20(24)25-16-17-6-3-2-4-7-17)18-8-5-14-23(15-11-18)19-9-12-21-13-10-19/h2-4,6-7,9-10,12-13,18H,5,8,11,14-16H2,1H3. The Morgan fingerprint density at radius 3 is 2.68 bits per heavy atom. The summed E-state index contributed by atoms with van der Waals surface area (Å²) in [4.78, 5) is 20.6. The van der Waals surface area contributed by atoms with Crippen LogP contribution in [0.2, 0.25) is 0 Å². The van der Waals surface area contributed by atoms with E-state index in [1.54, 1.807) is 4.90 Å².